The molecule has 6 aromatic rings. The first-order chi connectivity index (χ1) is 22.6. The number of nitrogens with one attached hydrogen (secondary N) is 1. The van der Waals surface area contributed by atoms with Crippen LogP contribution in [0.3, 0.4) is 0 Å². The average molecular weight is 620 g/mol. The SMILES string of the molecule is Oc1cccnc1Cn1c(NCCCN2CCOCC2)nc2ccc(C[n+]3ccc4c(c3)nc(O)n4CCc3ccccc3)cc21. The minimum atomic E-state index is 0.0248. The van der Waals surface area contributed by atoms with Gasteiger partial charge in [0.1, 0.15) is 11.4 Å². The Balaban J connectivity index is 1.11. The Hall–Kier alpha value is -5.00. The van der Waals surface area contributed by atoms with Gasteiger partial charge < -0.3 is 24.8 Å². The van der Waals surface area contributed by atoms with Gasteiger partial charge in [0.2, 0.25) is 5.95 Å². The highest BCUT2D eigenvalue weighted by atomic mass is 16.5. The molecule has 0 atom stereocenters. The van der Waals surface area contributed by atoms with Crippen molar-refractivity contribution in [3.05, 3.63) is 102 Å². The van der Waals surface area contributed by atoms with E-state index in [-0.39, 0.29) is 11.8 Å². The second kappa shape index (κ2) is 13.6. The lowest BCUT2D eigenvalue weighted by Crippen LogP contribution is -2.37. The zero-order chi connectivity index (χ0) is 31.3. The molecule has 5 heterocycles. The summed E-state index contributed by atoms with van der Waals surface area (Å²) >= 11 is 0. The largest absolute Gasteiger partial charge is 0.506 e. The van der Waals surface area contributed by atoms with Crippen LogP contribution in [0.25, 0.3) is 22.1 Å². The van der Waals surface area contributed by atoms with Crippen molar-refractivity contribution in [2.24, 2.45) is 0 Å². The van der Waals surface area contributed by atoms with Crippen LogP contribution >= 0.6 is 0 Å². The van der Waals surface area contributed by atoms with Gasteiger partial charge in [0.05, 0.1) is 36.3 Å². The quantitative estimate of drug-likeness (QED) is 0.139. The molecule has 3 N–H and O–H groups in total. The van der Waals surface area contributed by atoms with Gasteiger partial charge in [-0.1, -0.05) is 36.4 Å². The van der Waals surface area contributed by atoms with Crippen molar-refractivity contribution < 1.29 is 19.5 Å². The number of ether oxygens (including phenoxy) is 1. The summed E-state index contributed by atoms with van der Waals surface area (Å²) in [6, 6.07) is 22.0. The number of imidazole rings is 2. The van der Waals surface area contributed by atoms with Crippen molar-refractivity contribution in [1.82, 2.24) is 29.0 Å². The van der Waals surface area contributed by atoms with E-state index in [0.717, 1.165) is 85.8 Å². The Morgan fingerprint density at radius 3 is 2.57 bits per heavy atom. The lowest BCUT2D eigenvalue weighted by Gasteiger charge is -2.26. The summed E-state index contributed by atoms with van der Waals surface area (Å²) < 4.78 is 11.5. The highest BCUT2D eigenvalue weighted by molar-refractivity contribution is 5.80. The fraction of sp³-hybridized carbons (Fsp3) is 0.314. The first-order valence-electron chi connectivity index (χ1n) is 15.9. The highest BCUT2D eigenvalue weighted by Gasteiger charge is 2.18. The van der Waals surface area contributed by atoms with Gasteiger partial charge >= 0.3 is 0 Å². The summed E-state index contributed by atoms with van der Waals surface area (Å²) in [6.45, 7) is 6.98. The van der Waals surface area contributed by atoms with E-state index in [9.17, 15) is 10.2 Å². The van der Waals surface area contributed by atoms with Gasteiger partial charge in [-0.15, -0.1) is 0 Å². The van der Waals surface area contributed by atoms with E-state index < -0.39 is 0 Å². The lowest BCUT2D eigenvalue weighted by molar-refractivity contribution is -0.687. The van der Waals surface area contributed by atoms with E-state index in [4.69, 9.17) is 9.72 Å². The Kier molecular flexibility index (Phi) is 8.75. The minimum absolute atomic E-state index is 0.0248. The summed E-state index contributed by atoms with van der Waals surface area (Å²) in [5, 5.41) is 24.7. The number of aromatic nitrogens is 6. The van der Waals surface area contributed by atoms with Crippen molar-refractivity contribution in [3.63, 3.8) is 0 Å². The van der Waals surface area contributed by atoms with E-state index in [2.05, 4.69) is 53.6 Å². The fourth-order valence-corrected chi connectivity index (χ4v) is 6.11. The number of benzene rings is 2. The third-order valence-electron chi connectivity index (χ3n) is 8.58. The van der Waals surface area contributed by atoms with Crippen molar-refractivity contribution in [1.29, 1.82) is 0 Å². The lowest BCUT2D eigenvalue weighted by atomic mass is 10.1. The molecule has 0 unspecified atom stereocenters. The number of aromatic hydroxyl groups is 2. The third-order valence-corrected chi connectivity index (χ3v) is 8.58. The molecule has 1 aliphatic heterocycles. The summed E-state index contributed by atoms with van der Waals surface area (Å²) in [6.07, 6.45) is 7.49. The number of nitrogens with zero attached hydrogens (tertiary/aromatic N) is 7. The second-order valence-electron chi connectivity index (χ2n) is 11.7. The molecule has 0 radical (unpaired) electrons. The number of rotatable bonds is 12. The van der Waals surface area contributed by atoms with Crippen molar-refractivity contribution in [3.8, 4) is 11.8 Å². The number of hydrogen-bond donors (Lipinski definition) is 3. The van der Waals surface area contributed by atoms with Crippen LogP contribution < -0.4 is 9.88 Å². The molecule has 1 fully saturated rings. The summed E-state index contributed by atoms with van der Waals surface area (Å²) in [4.78, 5) is 16.2. The van der Waals surface area contributed by atoms with Crippen molar-refractivity contribution >= 4 is 28.0 Å². The van der Waals surface area contributed by atoms with E-state index in [0.29, 0.717) is 25.3 Å². The molecule has 236 valence electrons. The van der Waals surface area contributed by atoms with E-state index in [1.165, 1.54) is 5.56 Å². The molecule has 0 amide bonds. The number of hydrogen-bond acceptors (Lipinski definition) is 8. The molecule has 0 spiro atoms. The summed E-state index contributed by atoms with van der Waals surface area (Å²) in [7, 11) is 0. The van der Waals surface area contributed by atoms with Gasteiger partial charge in [-0.05, 0) is 49.2 Å². The minimum Gasteiger partial charge on any atom is -0.506 e. The maximum Gasteiger partial charge on any atom is 0.295 e. The standard InChI is InChI=1S/C35H38N8O3/c44-33-8-4-13-36-30(33)25-43-32-22-27(9-10-28(32)38-34(43)37-14-5-15-40-18-20-46-21-19-40)23-41-16-12-31-29(24-41)39-35(45)42(31)17-11-26-6-2-1-3-7-26/h1-4,6-10,12-13,16,22,24H,5,11,14-15,17-21,23,25H2,(H2-,37,38,39,44,45)/p+1. The van der Waals surface area contributed by atoms with Gasteiger partial charge in [0, 0.05) is 44.0 Å². The average Bonchev–Trinajstić information content (AvgIpc) is 3.58. The predicted octanol–water partition coefficient (Wildman–Crippen LogP) is 3.95. The van der Waals surface area contributed by atoms with Gasteiger partial charge in [-0.2, -0.15) is 9.55 Å². The summed E-state index contributed by atoms with van der Waals surface area (Å²) in [5.41, 5.74) is 6.38. The number of morpholine rings is 1. The first kappa shape index (κ1) is 29.7. The molecule has 11 heteroatoms. The molecule has 0 aliphatic carbocycles. The maximum absolute atomic E-state index is 10.6. The van der Waals surface area contributed by atoms with E-state index in [1.807, 2.05) is 47.3 Å². The number of anilines is 1. The van der Waals surface area contributed by atoms with Crippen LogP contribution in [0.4, 0.5) is 5.95 Å². The molecule has 1 aliphatic rings. The maximum atomic E-state index is 10.6. The van der Waals surface area contributed by atoms with Gasteiger partial charge in [0.15, 0.2) is 24.5 Å². The molecule has 1 saturated heterocycles. The van der Waals surface area contributed by atoms with Crippen LogP contribution in [0.1, 0.15) is 23.2 Å². The van der Waals surface area contributed by atoms with E-state index in [1.54, 1.807) is 18.3 Å². The Labute approximate surface area is 267 Å². The van der Waals surface area contributed by atoms with Crippen LogP contribution in [-0.2, 0) is 30.8 Å². The second-order valence-corrected chi connectivity index (χ2v) is 11.7. The smallest absolute Gasteiger partial charge is 0.295 e. The van der Waals surface area contributed by atoms with Crippen LogP contribution in [0.2, 0.25) is 0 Å². The monoisotopic (exact) mass is 619 g/mol. The van der Waals surface area contributed by atoms with Crippen molar-refractivity contribution in [2.45, 2.75) is 32.5 Å². The molecule has 0 saturated carbocycles. The Morgan fingerprint density at radius 1 is 0.848 bits per heavy atom. The molecule has 4 aromatic heterocycles. The molecule has 0 bridgehead atoms. The van der Waals surface area contributed by atoms with Crippen LogP contribution in [0.15, 0.2) is 85.3 Å². The molecule has 2 aromatic carbocycles. The number of aryl methyl sites for hydroxylation is 2. The third kappa shape index (κ3) is 6.65. The van der Waals surface area contributed by atoms with Crippen LogP contribution in [0, 0.1) is 0 Å². The zero-order valence-corrected chi connectivity index (χ0v) is 25.8. The van der Waals surface area contributed by atoms with Crippen LogP contribution in [-0.4, -0.2) is 78.6 Å². The normalized spacial score (nSPS) is 13.9. The van der Waals surface area contributed by atoms with Crippen LogP contribution in [0.5, 0.6) is 11.8 Å². The molecular formula is C35H39N8O3+. The van der Waals surface area contributed by atoms with E-state index >= 15 is 0 Å². The topological polar surface area (TPSA) is 117 Å². The van der Waals surface area contributed by atoms with Gasteiger partial charge in [-0.25, -0.2) is 4.98 Å². The van der Waals surface area contributed by atoms with Crippen molar-refractivity contribution in [2.75, 3.05) is 44.7 Å². The molecule has 46 heavy (non-hydrogen) atoms. The molecular weight excluding hydrogens is 580 g/mol. The number of fused-ring (bicyclic) bond motifs is 2. The summed E-state index contributed by atoms with van der Waals surface area (Å²) in [5.74, 6) is 0.916. The Morgan fingerprint density at radius 2 is 1.72 bits per heavy atom. The molecule has 11 nitrogen and oxygen atoms in total. The highest BCUT2D eigenvalue weighted by Crippen LogP contribution is 2.25. The number of pyridine rings is 2. The van der Waals surface area contributed by atoms with Gasteiger partial charge in [0.25, 0.3) is 6.01 Å². The Bertz CT molecular complexity index is 1930. The fourth-order valence-electron chi connectivity index (χ4n) is 6.11. The first-order valence-corrected chi connectivity index (χ1v) is 15.9. The zero-order valence-electron chi connectivity index (χ0n) is 25.8. The van der Waals surface area contributed by atoms with Gasteiger partial charge in [-0.3, -0.25) is 14.5 Å². The predicted molar refractivity (Wildman–Crippen MR) is 176 cm³/mol. The molecule has 7 rings (SSSR count).